The van der Waals surface area contributed by atoms with E-state index in [1.54, 1.807) is 31.4 Å². The van der Waals surface area contributed by atoms with E-state index in [9.17, 15) is 4.79 Å². The van der Waals surface area contributed by atoms with Gasteiger partial charge in [-0.05, 0) is 19.1 Å². The normalized spacial score (nSPS) is 12.7. The number of benzene rings is 1. The minimum absolute atomic E-state index is 0.00736. The van der Waals surface area contributed by atoms with Gasteiger partial charge in [-0.2, -0.15) is 0 Å². The van der Waals surface area contributed by atoms with Gasteiger partial charge in [0.2, 0.25) is 0 Å². The second-order valence-electron chi connectivity index (χ2n) is 4.30. The molecule has 1 atom stereocenters. The number of ketones is 1. The highest BCUT2D eigenvalue weighted by atomic mass is 35.5. The standard InChI is InChI=1S/C14H20ClNO3/c1-11(16(6-8-17)7-9-19-2)14(18)12-4-3-5-13(15)10-12/h3-5,10-11,17H,6-9H2,1-2H3. The Balaban J connectivity index is 2.77. The lowest BCUT2D eigenvalue weighted by Crippen LogP contribution is -2.42. The predicted octanol–water partition coefficient (Wildman–Crippen LogP) is 1.85. The summed E-state index contributed by atoms with van der Waals surface area (Å²) >= 11 is 5.89. The average Bonchev–Trinajstić information content (AvgIpc) is 2.42. The fraction of sp³-hybridized carbons (Fsp3) is 0.500. The molecule has 0 aliphatic rings. The van der Waals surface area contributed by atoms with Crippen molar-refractivity contribution in [2.45, 2.75) is 13.0 Å². The van der Waals surface area contributed by atoms with Crippen molar-refractivity contribution < 1.29 is 14.6 Å². The third-order valence-electron chi connectivity index (χ3n) is 3.01. The van der Waals surface area contributed by atoms with E-state index in [-0.39, 0.29) is 18.4 Å². The summed E-state index contributed by atoms with van der Waals surface area (Å²) in [6.45, 7) is 3.40. The molecule has 0 heterocycles. The Labute approximate surface area is 118 Å². The van der Waals surface area contributed by atoms with E-state index in [1.807, 2.05) is 11.8 Å². The minimum Gasteiger partial charge on any atom is -0.395 e. The van der Waals surface area contributed by atoms with Crippen LogP contribution in [0.4, 0.5) is 0 Å². The van der Waals surface area contributed by atoms with Crippen molar-refractivity contribution in [1.82, 2.24) is 4.90 Å². The topological polar surface area (TPSA) is 49.8 Å². The van der Waals surface area contributed by atoms with Crippen LogP contribution in [-0.4, -0.2) is 55.2 Å². The molecule has 0 radical (unpaired) electrons. The van der Waals surface area contributed by atoms with Crippen LogP contribution >= 0.6 is 11.6 Å². The molecule has 5 heteroatoms. The number of carbonyl (C=O) groups is 1. The first-order valence-corrected chi connectivity index (χ1v) is 6.61. The number of nitrogens with zero attached hydrogens (tertiary/aromatic N) is 1. The lowest BCUT2D eigenvalue weighted by molar-refractivity contribution is 0.0730. The van der Waals surface area contributed by atoms with Crippen LogP contribution < -0.4 is 0 Å². The van der Waals surface area contributed by atoms with E-state index in [2.05, 4.69) is 0 Å². The second kappa shape index (κ2) is 8.27. The number of aliphatic hydroxyl groups is 1. The van der Waals surface area contributed by atoms with E-state index < -0.39 is 0 Å². The summed E-state index contributed by atoms with van der Waals surface area (Å²) in [6, 6.07) is 6.58. The Morgan fingerprint density at radius 3 is 2.79 bits per heavy atom. The third-order valence-corrected chi connectivity index (χ3v) is 3.24. The van der Waals surface area contributed by atoms with Gasteiger partial charge in [0.1, 0.15) is 0 Å². The van der Waals surface area contributed by atoms with Crippen LogP contribution in [0, 0.1) is 0 Å². The number of Topliss-reactive ketones (excluding diaryl/α,β-unsaturated/α-hetero) is 1. The maximum atomic E-state index is 12.4. The van der Waals surface area contributed by atoms with Crippen molar-refractivity contribution in [2.75, 3.05) is 33.4 Å². The van der Waals surface area contributed by atoms with Gasteiger partial charge in [-0.3, -0.25) is 9.69 Å². The Bertz CT molecular complexity index is 411. The molecule has 1 aromatic rings. The SMILES string of the molecule is COCCN(CCO)C(C)C(=O)c1cccc(Cl)c1. The zero-order valence-electron chi connectivity index (χ0n) is 11.3. The monoisotopic (exact) mass is 285 g/mol. The van der Waals surface area contributed by atoms with Gasteiger partial charge < -0.3 is 9.84 Å². The van der Waals surface area contributed by atoms with Crippen LogP contribution in [0.3, 0.4) is 0 Å². The Morgan fingerprint density at radius 2 is 2.21 bits per heavy atom. The molecule has 0 saturated heterocycles. The van der Waals surface area contributed by atoms with Crippen molar-refractivity contribution in [1.29, 1.82) is 0 Å². The minimum atomic E-state index is -0.319. The van der Waals surface area contributed by atoms with Gasteiger partial charge >= 0.3 is 0 Å². The molecule has 1 unspecified atom stereocenters. The van der Waals surface area contributed by atoms with Gasteiger partial charge in [0.05, 0.1) is 19.3 Å². The molecule has 0 bridgehead atoms. The van der Waals surface area contributed by atoms with Gasteiger partial charge in [0, 0.05) is 30.8 Å². The average molecular weight is 286 g/mol. The molecule has 4 nitrogen and oxygen atoms in total. The quantitative estimate of drug-likeness (QED) is 0.741. The van der Waals surface area contributed by atoms with Crippen LogP contribution in [0.15, 0.2) is 24.3 Å². The van der Waals surface area contributed by atoms with E-state index in [0.29, 0.717) is 30.3 Å². The number of ether oxygens (including phenoxy) is 1. The molecule has 0 fully saturated rings. The van der Waals surface area contributed by atoms with Crippen LogP contribution in [-0.2, 0) is 4.74 Å². The highest BCUT2D eigenvalue weighted by Gasteiger charge is 2.22. The Hall–Kier alpha value is -0.940. The number of hydrogen-bond acceptors (Lipinski definition) is 4. The zero-order chi connectivity index (χ0) is 14.3. The van der Waals surface area contributed by atoms with Crippen LogP contribution in [0.25, 0.3) is 0 Å². The number of carbonyl (C=O) groups excluding carboxylic acids is 1. The highest BCUT2D eigenvalue weighted by Crippen LogP contribution is 2.14. The first-order chi connectivity index (χ1) is 9.10. The third kappa shape index (κ3) is 4.91. The number of methoxy groups -OCH3 is 1. The maximum Gasteiger partial charge on any atom is 0.179 e. The summed E-state index contributed by atoms with van der Waals surface area (Å²) in [5.74, 6) is -0.00736. The lowest BCUT2D eigenvalue weighted by Gasteiger charge is -2.27. The van der Waals surface area contributed by atoms with Gasteiger partial charge in [0.15, 0.2) is 5.78 Å². The van der Waals surface area contributed by atoms with Crippen LogP contribution in [0.1, 0.15) is 17.3 Å². The Morgan fingerprint density at radius 1 is 1.47 bits per heavy atom. The fourth-order valence-electron chi connectivity index (χ4n) is 1.88. The summed E-state index contributed by atoms with van der Waals surface area (Å²) < 4.78 is 5.02. The molecule has 0 aliphatic carbocycles. The molecule has 0 aliphatic heterocycles. The summed E-state index contributed by atoms with van der Waals surface area (Å²) in [6.07, 6.45) is 0. The first-order valence-electron chi connectivity index (χ1n) is 6.23. The molecule has 0 saturated carbocycles. The van der Waals surface area contributed by atoms with E-state index in [1.165, 1.54) is 0 Å². The first kappa shape index (κ1) is 16.1. The van der Waals surface area contributed by atoms with Gasteiger partial charge in [-0.1, -0.05) is 23.7 Å². The molecular weight excluding hydrogens is 266 g/mol. The van der Waals surface area contributed by atoms with Crippen molar-refractivity contribution in [3.05, 3.63) is 34.9 Å². The second-order valence-corrected chi connectivity index (χ2v) is 4.74. The molecule has 106 valence electrons. The van der Waals surface area contributed by atoms with Crippen LogP contribution in [0.2, 0.25) is 5.02 Å². The molecule has 0 aromatic heterocycles. The summed E-state index contributed by atoms with van der Waals surface area (Å²) in [5.41, 5.74) is 0.584. The van der Waals surface area contributed by atoms with E-state index in [4.69, 9.17) is 21.4 Å². The maximum absolute atomic E-state index is 12.4. The fourth-order valence-corrected chi connectivity index (χ4v) is 2.08. The molecule has 1 aromatic carbocycles. The molecule has 0 amide bonds. The number of hydrogen-bond donors (Lipinski definition) is 1. The van der Waals surface area contributed by atoms with Crippen molar-refractivity contribution in [2.24, 2.45) is 0 Å². The molecule has 1 N–H and O–H groups in total. The molecule has 0 spiro atoms. The van der Waals surface area contributed by atoms with Crippen LogP contribution in [0.5, 0.6) is 0 Å². The summed E-state index contributed by atoms with van der Waals surface area (Å²) in [7, 11) is 1.61. The molecule has 19 heavy (non-hydrogen) atoms. The predicted molar refractivity (Wildman–Crippen MR) is 75.8 cm³/mol. The van der Waals surface area contributed by atoms with E-state index >= 15 is 0 Å². The summed E-state index contributed by atoms with van der Waals surface area (Å²) in [4.78, 5) is 14.2. The van der Waals surface area contributed by atoms with Crippen molar-refractivity contribution in [3.63, 3.8) is 0 Å². The largest absolute Gasteiger partial charge is 0.395 e. The summed E-state index contributed by atoms with van der Waals surface area (Å²) in [5, 5.41) is 9.61. The highest BCUT2D eigenvalue weighted by molar-refractivity contribution is 6.31. The number of halogens is 1. The smallest absolute Gasteiger partial charge is 0.179 e. The Kier molecular flexibility index (Phi) is 7.02. The van der Waals surface area contributed by atoms with Crippen molar-refractivity contribution in [3.8, 4) is 0 Å². The molecular formula is C14H20ClNO3. The van der Waals surface area contributed by atoms with Gasteiger partial charge in [-0.15, -0.1) is 0 Å². The number of aliphatic hydroxyl groups excluding tert-OH is 1. The van der Waals surface area contributed by atoms with Crippen molar-refractivity contribution >= 4 is 17.4 Å². The lowest BCUT2D eigenvalue weighted by atomic mass is 10.0. The van der Waals surface area contributed by atoms with Gasteiger partial charge in [-0.25, -0.2) is 0 Å². The molecule has 1 rings (SSSR count). The number of rotatable bonds is 8. The van der Waals surface area contributed by atoms with Gasteiger partial charge in [0.25, 0.3) is 0 Å². The van der Waals surface area contributed by atoms with E-state index in [0.717, 1.165) is 0 Å². The zero-order valence-corrected chi connectivity index (χ0v) is 12.1.